The van der Waals surface area contributed by atoms with E-state index < -0.39 is 11.8 Å². The predicted octanol–water partition coefficient (Wildman–Crippen LogP) is 1.79. The molecule has 7 nitrogen and oxygen atoms in total. The van der Waals surface area contributed by atoms with Crippen molar-refractivity contribution in [3.05, 3.63) is 65.6 Å². The summed E-state index contributed by atoms with van der Waals surface area (Å²) in [6.07, 6.45) is 4.94. The standard InChI is InChI=1S/C23H26BN5O2/c1-13(2)16-11-27-20(15-8-14(3)4-5-18(15)24)9-21(16)29-19-6-7-26-10-17(19)23(31)28-12-22(25)30/h4-11,13H,12,24H2,1-3H3,(H2,25,30)(H,28,31)(H,26,27,29). The molecule has 0 aliphatic carbocycles. The molecule has 158 valence electrons. The maximum Gasteiger partial charge on any atom is 0.255 e. The normalized spacial score (nSPS) is 10.7. The van der Waals surface area contributed by atoms with Gasteiger partial charge in [-0.1, -0.05) is 43.1 Å². The lowest BCUT2D eigenvalue weighted by Crippen LogP contribution is -2.33. The van der Waals surface area contributed by atoms with Gasteiger partial charge in [-0.25, -0.2) is 0 Å². The van der Waals surface area contributed by atoms with Crippen molar-refractivity contribution >= 4 is 36.5 Å². The van der Waals surface area contributed by atoms with Gasteiger partial charge in [0.2, 0.25) is 5.91 Å². The Bertz CT molecular complexity index is 1130. The molecule has 0 radical (unpaired) electrons. The van der Waals surface area contributed by atoms with Crippen LogP contribution in [0.1, 0.15) is 41.3 Å². The van der Waals surface area contributed by atoms with Gasteiger partial charge in [-0.15, -0.1) is 0 Å². The van der Waals surface area contributed by atoms with E-state index in [-0.39, 0.29) is 12.5 Å². The topological polar surface area (TPSA) is 110 Å². The van der Waals surface area contributed by atoms with Crippen molar-refractivity contribution in [1.29, 1.82) is 0 Å². The van der Waals surface area contributed by atoms with Crippen LogP contribution in [0, 0.1) is 6.92 Å². The molecule has 0 fully saturated rings. The van der Waals surface area contributed by atoms with Crippen LogP contribution in [0.15, 0.2) is 48.9 Å². The predicted molar refractivity (Wildman–Crippen MR) is 126 cm³/mol. The number of nitrogens with zero attached hydrogens (tertiary/aromatic N) is 2. The Morgan fingerprint density at radius 1 is 1.13 bits per heavy atom. The van der Waals surface area contributed by atoms with E-state index in [4.69, 9.17) is 10.7 Å². The Labute approximate surface area is 182 Å². The average molecular weight is 415 g/mol. The largest absolute Gasteiger partial charge is 0.368 e. The van der Waals surface area contributed by atoms with Gasteiger partial charge in [0.05, 0.1) is 23.5 Å². The second kappa shape index (κ2) is 9.42. The first-order valence-corrected chi connectivity index (χ1v) is 10.1. The maximum absolute atomic E-state index is 12.5. The van der Waals surface area contributed by atoms with Gasteiger partial charge in [0.1, 0.15) is 7.85 Å². The van der Waals surface area contributed by atoms with Crippen molar-refractivity contribution in [2.24, 2.45) is 5.73 Å². The number of aromatic nitrogens is 2. The fourth-order valence-electron chi connectivity index (χ4n) is 3.29. The van der Waals surface area contributed by atoms with Gasteiger partial charge >= 0.3 is 0 Å². The molecule has 0 atom stereocenters. The second-order valence-electron chi connectivity index (χ2n) is 7.83. The third kappa shape index (κ3) is 5.28. The average Bonchev–Trinajstić information content (AvgIpc) is 2.74. The van der Waals surface area contributed by atoms with Crippen LogP contribution in [0.3, 0.4) is 0 Å². The van der Waals surface area contributed by atoms with Crippen LogP contribution < -0.4 is 21.8 Å². The summed E-state index contributed by atoms with van der Waals surface area (Å²) in [5.41, 5.74) is 12.1. The summed E-state index contributed by atoms with van der Waals surface area (Å²) in [5, 5.41) is 5.89. The molecular weight excluding hydrogens is 389 g/mol. The monoisotopic (exact) mass is 415 g/mol. The highest BCUT2D eigenvalue weighted by atomic mass is 16.2. The summed E-state index contributed by atoms with van der Waals surface area (Å²) in [5.74, 6) is -0.818. The minimum Gasteiger partial charge on any atom is -0.368 e. The first-order chi connectivity index (χ1) is 14.8. The summed E-state index contributed by atoms with van der Waals surface area (Å²) in [7, 11) is 2.06. The molecule has 0 bridgehead atoms. The number of aryl methyl sites for hydroxylation is 1. The van der Waals surface area contributed by atoms with Crippen LogP contribution in [0.25, 0.3) is 11.3 Å². The van der Waals surface area contributed by atoms with Crippen LogP contribution in [0.4, 0.5) is 11.4 Å². The number of carbonyl (C=O) groups excluding carboxylic acids is 2. The molecule has 31 heavy (non-hydrogen) atoms. The molecule has 3 rings (SSSR count). The number of pyridine rings is 2. The fraction of sp³-hybridized carbons (Fsp3) is 0.217. The summed E-state index contributed by atoms with van der Waals surface area (Å²) < 4.78 is 0. The van der Waals surface area contributed by atoms with E-state index in [1.807, 2.05) is 12.3 Å². The van der Waals surface area contributed by atoms with E-state index >= 15 is 0 Å². The smallest absolute Gasteiger partial charge is 0.255 e. The number of nitrogens with one attached hydrogen (secondary N) is 2. The molecule has 0 unspecified atom stereocenters. The lowest BCUT2D eigenvalue weighted by Gasteiger charge is -2.18. The number of hydrogen-bond donors (Lipinski definition) is 3. The first-order valence-electron chi connectivity index (χ1n) is 10.1. The van der Waals surface area contributed by atoms with Gasteiger partial charge in [-0.2, -0.15) is 0 Å². The van der Waals surface area contributed by atoms with Gasteiger partial charge in [0.15, 0.2) is 0 Å². The highest BCUT2D eigenvalue weighted by molar-refractivity contribution is 6.35. The molecule has 1 aromatic carbocycles. The molecule has 2 aromatic heterocycles. The number of anilines is 2. The SMILES string of the molecule is Bc1ccc(C)cc1-c1cc(Nc2ccncc2C(=O)NCC(N)=O)c(C(C)C)cn1. The number of hydrogen-bond acceptors (Lipinski definition) is 5. The number of rotatable bonds is 7. The molecule has 4 N–H and O–H groups in total. The van der Waals surface area contributed by atoms with Crippen molar-refractivity contribution < 1.29 is 9.59 Å². The van der Waals surface area contributed by atoms with E-state index in [2.05, 4.69) is 62.4 Å². The van der Waals surface area contributed by atoms with Crippen LogP contribution in [0.2, 0.25) is 0 Å². The van der Waals surface area contributed by atoms with Gasteiger partial charge in [0, 0.05) is 24.3 Å². The van der Waals surface area contributed by atoms with Gasteiger partial charge < -0.3 is 16.4 Å². The van der Waals surface area contributed by atoms with Crippen molar-refractivity contribution in [3.8, 4) is 11.3 Å². The zero-order valence-electron chi connectivity index (χ0n) is 18.2. The Morgan fingerprint density at radius 3 is 2.61 bits per heavy atom. The van der Waals surface area contributed by atoms with Crippen LogP contribution in [0.5, 0.6) is 0 Å². The molecule has 0 aliphatic heterocycles. The molecule has 2 heterocycles. The maximum atomic E-state index is 12.5. The zero-order valence-corrected chi connectivity index (χ0v) is 18.2. The fourth-order valence-corrected chi connectivity index (χ4v) is 3.29. The molecule has 2 amide bonds. The molecule has 0 saturated carbocycles. The number of carbonyl (C=O) groups is 2. The number of nitrogens with two attached hydrogens (primary N) is 1. The number of amides is 2. The zero-order chi connectivity index (χ0) is 22.5. The van der Waals surface area contributed by atoms with Crippen molar-refractivity contribution in [2.75, 3.05) is 11.9 Å². The van der Waals surface area contributed by atoms with Gasteiger partial charge in [-0.05, 0) is 36.1 Å². The lowest BCUT2D eigenvalue weighted by molar-refractivity contribution is -0.117. The molecular formula is C23H26BN5O2. The van der Waals surface area contributed by atoms with E-state index in [1.54, 1.807) is 12.3 Å². The first kappa shape index (κ1) is 22.0. The molecule has 3 aromatic rings. The third-order valence-electron chi connectivity index (χ3n) is 4.98. The van der Waals surface area contributed by atoms with Gasteiger partial charge in [-0.3, -0.25) is 19.6 Å². The summed E-state index contributed by atoms with van der Waals surface area (Å²) in [6.45, 7) is 5.99. The minimum absolute atomic E-state index is 0.219. The van der Waals surface area contributed by atoms with Crippen LogP contribution in [-0.4, -0.2) is 36.2 Å². The Kier molecular flexibility index (Phi) is 6.69. The van der Waals surface area contributed by atoms with E-state index in [0.717, 1.165) is 33.5 Å². The number of benzene rings is 1. The van der Waals surface area contributed by atoms with Crippen molar-refractivity contribution in [1.82, 2.24) is 15.3 Å². The molecule has 0 saturated heterocycles. The quantitative estimate of drug-likeness (QED) is 0.510. The van der Waals surface area contributed by atoms with Crippen molar-refractivity contribution in [3.63, 3.8) is 0 Å². The molecule has 0 spiro atoms. The summed E-state index contributed by atoms with van der Waals surface area (Å²) >= 11 is 0. The minimum atomic E-state index is -0.610. The lowest BCUT2D eigenvalue weighted by atomic mass is 9.87. The molecule has 8 heteroatoms. The Morgan fingerprint density at radius 2 is 1.90 bits per heavy atom. The third-order valence-corrected chi connectivity index (χ3v) is 4.98. The molecule has 0 aliphatic rings. The second-order valence-corrected chi connectivity index (χ2v) is 7.83. The van der Waals surface area contributed by atoms with E-state index in [0.29, 0.717) is 11.3 Å². The van der Waals surface area contributed by atoms with E-state index in [9.17, 15) is 9.59 Å². The van der Waals surface area contributed by atoms with Crippen molar-refractivity contribution in [2.45, 2.75) is 26.7 Å². The van der Waals surface area contributed by atoms with Gasteiger partial charge in [0.25, 0.3) is 5.91 Å². The summed E-state index contributed by atoms with van der Waals surface area (Å²) in [4.78, 5) is 32.3. The van der Waals surface area contributed by atoms with E-state index in [1.165, 1.54) is 6.20 Å². The Balaban J connectivity index is 2.02. The van der Waals surface area contributed by atoms with Crippen LogP contribution in [-0.2, 0) is 4.79 Å². The Hall–Kier alpha value is -3.68. The summed E-state index contributed by atoms with van der Waals surface area (Å²) in [6, 6.07) is 10.0. The highest BCUT2D eigenvalue weighted by Crippen LogP contribution is 2.31. The van der Waals surface area contributed by atoms with Crippen LogP contribution >= 0.6 is 0 Å². The highest BCUT2D eigenvalue weighted by Gasteiger charge is 2.16. The number of primary amides is 1.